The molecule has 2 amide bonds. The highest BCUT2D eigenvalue weighted by Gasteiger charge is 2.57. The molecule has 3 unspecified atom stereocenters. The Morgan fingerprint density at radius 2 is 2.12 bits per heavy atom. The number of carboxylic acids is 1. The zero-order valence-corrected chi connectivity index (χ0v) is 15.3. The molecule has 0 radical (unpaired) electrons. The summed E-state index contributed by atoms with van der Waals surface area (Å²) in [5.74, 6) is -1.77. The Morgan fingerprint density at radius 1 is 1.40 bits per heavy atom. The van der Waals surface area contributed by atoms with E-state index in [1.54, 1.807) is 6.92 Å². The minimum atomic E-state index is -1.10. The molecule has 3 rings (SSSR count). The second kappa shape index (κ2) is 6.99. The topological polar surface area (TPSA) is 98.2 Å². The van der Waals surface area contributed by atoms with Gasteiger partial charge in [-0.05, 0) is 19.8 Å². The van der Waals surface area contributed by atoms with Crippen molar-refractivity contribution >= 4 is 29.5 Å². The van der Waals surface area contributed by atoms with Crippen molar-refractivity contribution < 1.29 is 24.6 Å². The average molecular weight is 368 g/mol. The number of amides is 2. The molecule has 0 saturated carbocycles. The number of nitrogens with zero attached hydrogens (tertiary/aromatic N) is 2. The van der Waals surface area contributed by atoms with E-state index in [0.29, 0.717) is 30.8 Å². The van der Waals surface area contributed by atoms with Gasteiger partial charge in [0.1, 0.15) is 5.70 Å². The number of likely N-dealkylation sites (tertiary alicyclic amines) is 1. The number of hydrogen-bond donors (Lipinski definition) is 2. The predicted molar refractivity (Wildman–Crippen MR) is 92.6 cm³/mol. The lowest BCUT2D eigenvalue weighted by atomic mass is 9.83. The number of carboxylic acid groups (broad SMARTS) is 1. The summed E-state index contributed by atoms with van der Waals surface area (Å²) in [4.78, 5) is 39.7. The van der Waals surface area contributed by atoms with Crippen molar-refractivity contribution in [2.45, 2.75) is 56.9 Å². The highest BCUT2D eigenvalue weighted by atomic mass is 32.2. The van der Waals surface area contributed by atoms with Crippen molar-refractivity contribution in [3.63, 3.8) is 0 Å². The van der Waals surface area contributed by atoms with Gasteiger partial charge in [0.15, 0.2) is 0 Å². The number of aliphatic hydroxyl groups is 1. The highest BCUT2D eigenvalue weighted by molar-refractivity contribution is 8.03. The van der Waals surface area contributed by atoms with Gasteiger partial charge < -0.3 is 20.0 Å². The van der Waals surface area contributed by atoms with Gasteiger partial charge in [-0.2, -0.15) is 0 Å². The first-order valence-corrected chi connectivity index (χ1v) is 9.65. The molecule has 4 atom stereocenters. The summed E-state index contributed by atoms with van der Waals surface area (Å²) in [6.45, 7) is 4.87. The number of hydrogen-bond acceptors (Lipinski definition) is 5. The van der Waals surface area contributed by atoms with Gasteiger partial charge in [-0.3, -0.25) is 9.59 Å². The molecule has 8 heteroatoms. The lowest BCUT2D eigenvalue weighted by Gasteiger charge is -2.44. The molecule has 0 aromatic carbocycles. The summed E-state index contributed by atoms with van der Waals surface area (Å²) in [7, 11) is 0. The van der Waals surface area contributed by atoms with E-state index in [9.17, 15) is 24.6 Å². The van der Waals surface area contributed by atoms with Crippen LogP contribution in [0, 0.1) is 5.92 Å². The smallest absolute Gasteiger partial charge is 0.353 e. The standard InChI is InChI=1S/C17H24N2O5S/c1-3-4-13(21)18-6-5-10(8-18)25-12-7-11-14(9(2)20)16(22)19(11)15(12)17(23)24/h9-11,14,20H,3-8H2,1-2H3,(H,23,24)/t9?,10?,11-,14?/m1/s1. The van der Waals surface area contributed by atoms with Gasteiger partial charge in [-0.1, -0.05) is 6.92 Å². The Hall–Kier alpha value is -1.54. The van der Waals surface area contributed by atoms with E-state index in [-0.39, 0.29) is 28.8 Å². The van der Waals surface area contributed by atoms with E-state index in [2.05, 4.69) is 0 Å². The molecule has 2 saturated heterocycles. The number of fused-ring (bicyclic) bond motifs is 1. The van der Waals surface area contributed by atoms with Crippen LogP contribution in [-0.4, -0.2) is 68.3 Å². The first-order chi connectivity index (χ1) is 11.8. The second-order valence-electron chi connectivity index (χ2n) is 6.94. The van der Waals surface area contributed by atoms with Crippen molar-refractivity contribution in [2.24, 2.45) is 5.92 Å². The predicted octanol–water partition coefficient (Wildman–Crippen LogP) is 1.03. The Labute approximate surface area is 151 Å². The highest BCUT2D eigenvalue weighted by Crippen LogP contribution is 2.48. The molecule has 0 aliphatic carbocycles. The Balaban J connectivity index is 1.69. The maximum absolute atomic E-state index is 12.2. The second-order valence-corrected chi connectivity index (χ2v) is 8.34. The Bertz CT molecular complexity index is 633. The molecule has 7 nitrogen and oxygen atoms in total. The third kappa shape index (κ3) is 3.17. The number of β-lactam (4-membered cyclic amide) rings is 1. The van der Waals surface area contributed by atoms with Gasteiger partial charge >= 0.3 is 5.97 Å². The molecule has 3 aliphatic heterocycles. The molecular weight excluding hydrogens is 344 g/mol. The fraction of sp³-hybridized carbons (Fsp3) is 0.706. The molecule has 3 aliphatic rings. The molecule has 138 valence electrons. The van der Waals surface area contributed by atoms with Crippen LogP contribution < -0.4 is 0 Å². The van der Waals surface area contributed by atoms with Gasteiger partial charge in [-0.15, -0.1) is 11.8 Å². The largest absolute Gasteiger partial charge is 0.477 e. The van der Waals surface area contributed by atoms with Gasteiger partial charge in [0.2, 0.25) is 11.8 Å². The zero-order valence-electron chi connectivity index (χ0n) is 14.5. The lowest BCUT2D eigenvalue weighted by Crippen LogP contribution is -2.61. The number of carbonyl (C=O) groups is 3. The van der Waals surface area contributed by atoms with E-state index in [4.69, 9.17) is 0 Å². The van der Waals surface area contributed by atoms with Crippen molar-refractivity contribution in [2.75, 3.05) is 13.1 Å². The molecule has 0 aromatic heterocycles. The van der Waals surface area contributed by atoms with Crippen LogP contribution in [-0.2, 0) is 14.4 Å². The number of carbonyl (C=O) groups excluding carboxylic acids is 2. The van der Waals surface area contributed by atoms with Crippen LogP contribution in [0.5, 0.6) is 0 Å². The third-order valence-corrected chi connectivity index (χ3v) is 6.52. The van der Waals surface area contributed by atoms with E-state index >= 15 is 0 Å². The molecule has 0 aromatic rings. The van der Waals surface area contributed by atoms with Gasteiger partial charge in [0.25, 0.3) is 0 Å². The number of aliphatic hydroxyl groups excluding tert-OH is 1. The van der Waals surface area contributed by atoms with E-state index in [0.717, 1.165) is 12.8 Å². The zero-order chi connectivity index (χ0) is 18.3. The fourth-order valence-electron chi connectivity index (χ4n) is 3.96. The van der Waals surface area contributed by atoms with Crippen LogP contribution in [0.4, 0.5) is 0 Å². The first kappa shape index (κ1) is 18.3. The van der Waals surface area contributed by atoms with Crippen LogP contribution >= 0.6 is 11.8 Å². The number of thioether (sulfide) groups is 1. The Morgan fingerprint density at radius 3 is 2.72 bits per heavy atom. The van der Waals surface area contributed by atoms with E-state index in [1.165, 1.54) is 16.7 Å². The number of rotatable bonds is 6. The molecule has 0 bridgehead atoms. The monoisotopic (exact) mass is 368 g/mol. The normalized spacial score (nSPS) is 29.7. The van der Waals surface area contributed by atoms with Crippen LogP contribution in [0.1, 0.15) is 39.5 Å². The summed E-state index contributed by atoms with van der Waals surface area (Å²) in [5.41, 5.74) is 0.0650. The molecular formula is C17H24N2O5S. The number of aliphatic carboxylic acids is 1. The fourth-order valence-corrected chi connectivity index (χ4v) is 5.40. The quantitative estimate of drug-likeness (QED) is 0.680. The molecule has 0 spiro atoms. The summed E-state index contributed by atoms with van der Waals surface area (Å²) >= 11 is 1.48. The van der Waals surface area contributed by atoms with Gasteiger partial charge in [-0.25, -0.2) is 4.79 Å². The Kier molecular flexibility index (Phi) is 5.11. The molecule has 25 heavy (non-hydrogen) atoms. The van der Waals surface area contributed by atoms with Crippen LogP contribution in [0.25, 0.3) is 0 Å². The lowest BCUT2D eigenvalue weighted by molar-refractivity contribution is -0.161. The van der Waals surface area contributed by atoms with Crippen molar-refractivity contribution in [3.8, 4) is 0 Å². The van der Waals surface area contributed by atoms with Crippen LogP contribution in [0.2, 0.25) is 0 Å². The SMILES string of the molecule is CCCC(=O)N1CCC(SC2=C(C(=O)O)N3C(=O)C(C(C)O)[C@H]3C2)C1. The van der Waals surface area contributed by atoms with Crippen LogP contribution in [0.15, 0.2) is 10.6 Å². The molecule has 2 N–H and O–H groups in total. The van der Waals surface area contributed by atoms with Crippen molar-refractivity contribution in [3.05, 3.63) is 10.6 Å². The third-order valence-electron chi connectivity index (χ3n) is 5.16. The maximum atomic E-state index is 12.2. The summed E-state index contributed by atoms with van der Waals surface area (Å²) in [5, 5.41) is 19.5. The molecule has 3 heterocycles. The molecule has 2 fully saturated rings. The van der Waals surface area contributed by atoms with Gasteiger partial charge in [0.05, 0.1) is 18.1 Å². The van der Waals surface area contributed by atoms with Crippen LogP contribution in [0.3, 0.4) is 0 Å². The first-order valence-electron chi connectivity index (χ1n) is 8.77. The van der Waals surface area contributed by atoms with Crippen molar-refractivity contribution in [1.82, 2.24) is 9.80 Å². The minimum absolute atomic E-state index is 0.0650. The maximum Gasteiger partial charge on any atom is 0.353 e. The summed E-state index contributed by atoms with van der Waals surface area (Å²) in [6, 6.07) is -0.250. The van der Waals surface area contributed by atoms with E-state index < -0.39 is 18.0 Å². The minimum Gasteiger partial charge on any atom is -0.477 e. The van der Waals surface area contributed by atoms with Gasteiger partial charge in [0, 0.05) is 36.1 Å². The van der Waals surface area contributed by atoms with E-state index in [1.807, 2.05) is 11.8 Å². The summed E-state index contributed by atoms with van der Waals surface area (Å²) < 4.78 is 0. The van der Waals surface area contributed by atoms with Crippen molar-refractivity contribution in [1.29, 1.82) is 0 Å². The summed E-state index contributed by atoms with van der Waals surface area (Å²) in [6.07, 6.45) is 1.89. The average Bonchev–Trinajstić information content (AvgIpc) is 3.10.